The van der Waals surface area contributed by atoms with Crippen LogP contribution in [0.1, 0.15) is 5.56 Å². The molecule has 0 saturated carbocycles. The van der Waals surface area contributed by atoms with Crippen molar-refractivity contribution in [2.75, 3.05) is 11.1 Å². The first-order chi connectivity index (χ1) is 8.60. The van der Waals surface area contributed by atoms with Gasteiger partial charge in [0.15, 0.2) is 0 Å². The molecule has 0 fully saturated rings. The van der Waals surface area contributed by atoms with Gasteiger partial charge in [-0.1, -0.05) is 11.6 Å². The van der Waals surface area contributed by atoms with Gasteiger partial charge in [-0.25, -0.2) is 4.39 Å². The molecule has 2 aromatic rings. The number of nitrogens with two attached hydrogens (primary N) is 1. The Morgan fingerprint density at radius 2 is 2.00 bits per heavy atom. The molecule has 0 atom stereocenters. The second-order valence-corrected chi connectivity index (χ2v) is 4.07. The van der Waals surface area contributed by atoms with Crippen molar-refractivity contribution in [3.8, 4) is 6.07 Å². The van der Waals surface area contributed by atoms with Gasteiger partial charge in [-0.05, 0) is 36.4 Å². The van der Waals surface area contributed by atoms with Gasteiger partial charge >= 0.3 is 0 Å². The Bertz CT molecular complexity index is 635. The number of nitrogens with zero attached hydrogens (tertiary/aromatic N) is 1. The minimum Gasteiger partial charge on any atom is -0.398 e. The first-order valence-electron chi connectivity index (χ1n) is 5.12. The number of hydrogen-bond acceptors (Lipinski definition) is 3. The summed E-state index contributed by atoms with van der Waals surface area (Å²) in [6.45, 7) is 0. The van der Waals surface area contributed by atoms with Gasteiger partial charge in [-0.15, -0.1) is 0 Å². The van der Waals surface area contributed by atoms with Gasteiger partial charge in [-0.3, -0.25) is 0 Å². The Morgan fingerprint density at radius 3 is 2.72 bits per heavy atom. The van der Waals surface area contributed by atoms with Crippen LogP contribution < -0.4 is 11.1 Å². The summed E-state index contributed by atoms with van der Waals surface area (Å²) in [7, 11) is 0. The lowest BCUT2D eigenvalue weighted by Crippen LogP contribution is -1.95. The van der Waals surface area contributed by atoms with E-state index < -0.39 is 5.82 Å². The molecule has 0 aromatic heterocycles. The van der Waals surface area contributed by atoms with Gasteiger partial charge in [0.1, 0.15) is 11.9 Å². The number of rotatable bonds is 2. The molecule has 0 aliphatic rings. The summed E-state index contributed by atoms with van der Waals surface area (Å²) in [4.78, 5) is 0. The number of nitrogen functional groups attached to an aromatic ring is 1. The van der Waals surface area contributed by atoms with Crippen molar-refractivity contribution >= 4 is 28.7 Å². The Balaban J connectivity index is 2.34. The SMILES string of the molecule is N#Cc1cc(Nc2cc(F)ccc2Cl)ccc1N. The first kappa shape index (κ1) is 12.2. The average molecular weight is 262 g/mol. The molecular weight excluding hydrogens is 253 g/mol. The summed E-state index contributed by atoms with van der Waals surface area (Å²) in [5.74, 6) is -0.391. The highest BCUT2D eigenvalue weighted by molar-refractivity contribution is 6.33. The van der Waals surface area contributed by atoms with Gasteiger partial charge in [-0.2, -0.15) is 5.26 Å². The third kappa shape index (κ3) is 2.53. The minimum atomic E-state index is -0.391. The van der Waals surface area contributed by atoms with Gasteiger partial charge in [0.05, 0.1) is 16.3 Å². The number of halogens is 2. The van der Waals surface area contributed by atoms with E-state index in [-0.39, 0.29) is 0 Å². The normalized spacial score (nSPS) is 9.83. The molecule has 0 heterocycles. The molecule has 3 nitrogen and oxygen atoms in total. The summed E-state index contributed by atoms with van der Waals surface area (Å²) in [5.41, 5.74) is 7.42. The molecule has 0 unspecified atom stereocenters. The molecule has 0 spiro atoms. The van der Waals surface area contributed by atoms with Gasteiger partial charge in [0, 0.05) is 11.4 Å². The van der Waals surface area contributed by atoms with Crippen LogP contribution in [0.15, 0.2) is 36.4 Å². The molecule has 0 aliphatic heterocycles. The molecule has 90 valence electrons. The number of nitrogens with one attached hydrogen (secondary N) is 1. The number of benzene rings is 2. The fraction of sp³-hybridized carbons (Fsp3) is 0. The fourth-order valence-electron chi connectivity index (χ4n) is 1.48. The van der Waals surface area contributed by atoms with Crippen molar-refractivity contribution in [2.24, 2.45) is 0 Å². The van der Waals surface area contributed by atoms with E-state index in [0.29, 0.717) is 27.6 Å². The highest BCUT2D eigenvalue weighted by atomic mass is 35.5. The van der Waals surface area contributed by atoms with E-state index in [0.717, 1.165) is 0 Å². The van der Waals surface area contributed by atoms with Crippen molar-refractivity contribution in [2.45, 2.75) is 0 Å². The van der Waals surface area contributed by atoms with Gasteiger partial charge in [0.25, 0.3) is 0 Å². The van der Waals surface area contributed by atoms with Crippen molar-refractivity contribution < 1.29 is 4.39 Å². The summed E-state index contributed by atoms with van der Waals surface area (Å²) in [5, 5.41) is 12.2. The van der Waals surface area contributed by atoms with Crippen LogP contribution in [0.2, 0.25) is 5.02 Å². The van der Waals surface area contributed by atoms with E-state index >= 15 is 0 Å². The maximum absolute atomic E-state index is 13.1. The monoisotopic (exact) mass is 261 g/mol. The van der Waals surface area contributed by atoms with Crippen molar-refractivity contribution in [1.82, 2.24) is 0 Å². The fourth-order valence-corrected chi connectivity index (χ4v) is 1.64. The predicted molar refractivity (Wildman–Crippen MR) is 70.3 cm³/mol. The number of hydrogen-bond donors (Lipinski definition) is 2. The average Bonchev–Trinajstić information content (AvgIpc) is 2.36. The van der Waals surface area contributed by atoms with Gasteiger partial charge < -0.3 is 11.1 Å². The Hall–Kier alpha value is -2.25. The van der Waals surface area contributed by atoms with E-state index in [9.17, 15) is 4.39 Å². The van der Waals surface area contributed by atoms with Crippen molar-refractivity contribution in [1.29, 1.82) is 5.26 Å². The maximum Gasteiger partial charge on any atom is 0.125 e. The molecular formula is C13H9ClFN3. The Labute approximate surface area is 109 Å². The second-order valence-electron chi connectivity index (χ2n) is 3.66. The molecule has 2 rings (SSSR count). The third-order valence-electron chi connectivity index (χ3n) is 2.38. The molecule has 3 N–H and O–H groups in total. The molecule has 0 amide bonds. The third-order valence-corrected chi connectivity index (χ3v) is 2.71. The first-order valence-corrected chi connectivity index (χ1v) is 5.49. The Morgan fingerprint density at radius 1 is 1.22 bits per heavy atom. The van der Waals surface area contributed by atoms with Crippen LogP contribution in [0, 0.1) is 17.1 Å². The molecule has 0 bridgehead atoms. The van der Waals surface area contributed by atoms with Crippen LogP contribution in [0.4, 0.5) is 21.5 Å². The smallest absolute Gasteiger partial charge is 0.125 e. The zero-order chi connectivity index (χ0) is 13.1. The van der Waals surface area contributed by atoms with E-state index in [4.69, 9.17) is 22.6 Å². The summed E-state index contributed by atoms with van der Waals surface area (Å²) < 4.78 is 13.1. The largest absolute Gasteiger partial charge is 0.398 e. The van der Waals surface area contributed by atoms with Crippen molar-refractivity contribution in [3.63, 3.8) is 0 Å². The zero-order valence-electron chi connectivity index (χ0n) is 9.24. The number of nitriles is 1. The highest BCUT2D eigenvalue weighted by Crippen LogP contribution is 2.27. The van der Waals surface area contributed by atoms with E-state index in [1.165, 1.54) is 18.2 Å². The van der Waals surface area contributed by atoms with Crippen LogP contribution in [0.3, 0.4) is 0 Å². The molecule has 0 aliphatic carbocycles. The summed E-state index contributed by atoms with van der Waals surface area (Å²) in [6.07, 6.45) is 0. The molecule has 5 heteroatoms. The lowest BCUT2D eigenvalue weighted by Gasteiger charge is -2.09. The molecule has 0 radical (unpaired) electrons. The van der Waals surface area contributed by atoms with Gasteiger partial charge in [0.2, 0.25) is 0 Å². The van der Waals surface area contributed by atoms with Crippen LogP contribution in [0.5, 0.6) is 0 Å². The van der Waals surface area contributed by atoms with Crippen molar-refractivity contribution in [3.05, 3.63) is 52.8 Å². The minimum absolute atomic E-state index is 0.354. The van der Waals surface area contributed by atoms with E-state index in [1.54, 1.807) is 18.2 Å². The van der Waals surface area contributed by atoms with Crippen LogP contribution in [-0.2, 0) is 0 Å². The lowest BCUT2D eigenvalue weighted by molar-refractivity contribution is 0.628. The van der Waals surface area contributed by atoms with E-state index in [2.05, 4.69) is 5.32 Å². The standard InChI is InChI=1S/C13H9ClFN3/c14-11-3-1-9(15)6-13(11)18-10-2-4-12(17)8(5-10)7-16/h1-6,18H,17H2. The number of anilines is 3. The van der Waals surface area contributed by atoms with Crippen LogP contribution in [-0.4, -0.2) is 0 Å². The quantitative estimate of drug-likeness (QED) is 0.811. The summed E-state index contributed by atoms with van der Waals surface area (Å²) >= 11 is 5.93. The molecule has 18 heavy (non-hydrogen) atoms. The zero-order valence-corrected chi connectivity index (χ0v) is 10.0. The highest BCUT2D eigenvalue weighted by Gasteiger charge is 2.04. The topological polar surface area (TPSA) is 61.8 Å². The maximum atomic E-state index is 13.1. The molecule has 0 saturated heterocycles. The van der Waals surface area contributed by atoms with Crippen LogP contribution in [0.25, 0.3) is 0 Å². The van der Waals surface area contributed by atoms with Crippen LogP contribution >= 0.6 is 11.6 Å². The predicted octanol–water partition coefficient (Wildman–Crippen LogP) is 3.68. The Kier molecular flexibility index (Phi) is 3.35. The van der Waals surface area contributed by atoms with E-state index in [1.807, 2.05) is 6.07 Å². The summed E-state index contributed by atoms with van der Waals surface area (Å²) in [6, 6.07) is 10.9. The second kappa shape index (κ2) is 4.94. The lowest BCUT2D eigenvalue weighted by atomic mass is 10.1. The molecule has 2 aromatic carbocycles.